The summed E-state index contributed by atoms with van der Waals surface area (Å²) in [4.78, 5) is 24.1. The van der Waals surface area contributed by atoms with Crippen LogP contribution in [0.25, 0.3) is 0 Å². The van der Waals surface area contributed by atoms with Crippen LogP contribution in [-0.2, 0) is 9.59 Å². The predicted molar refractivity (Wildman–Crippen MR) is 102 cm³/mol. The number of nitrogens with one attached hydrogen (secondary N) is 2. The molecule has 2 rings (SSSR count). The third kappa shape index (κ3) is 6.51. The minimum Gasteiger partial charge on any atom is -0.480 e. The van der Waals surface area contributed by atoms with E-state index in [1.165, 1.54) is 6.42 Å². The molecule has 1 fully saturated rings. The highest BCUT2D eigenvalue weighted by Crippen LogP contribution is 2.28. The SMILES string of the molecule is CC(Oc1ccc(Cl)cc1Br)C(=O)NCCNC(=O)C1CCCCC1. The summed E-state index contributed by atoms with van der Waals surface area (Å²) in [6.45, 7) is 2.49. The average Bonchev–Trinajstić information content (AvgIpc) is 2.61. The van der Waals surface area contributed by atoms with Gasteiger partial charge in [-0.05, 0) is 53.9 Å². The van der Waals surface area contributed by atoms with Crippen LogP contribution in [-0.4, -0.2) is 31.0 Å². The lowest BCUT2D eigenvalue weighted by Crippen LogP contribution is -2.42. The van der Waals surface area contributed by atoms with Crippen molar-refractivity contribution in [1.82, 2.24) is 10.6 Å². The van der Waals surface area contributed by atoms with E-state index in [1.807, 2.05) is 0 Å². The van der Waals surface area contributed by atoms with Crippen molar-refractivity contribution in [1.29, 1.82) is 0 Å². The molecule has 1 aromatic carbocycles. The highest BCUT2D eigenvalue weighted by molar-refractivity contribution is 9.10. The zero-order chi connectivity index (χ0) is 18.2. The number of ether oxygens (including phenoxy) is 1. The minimum absolute atomic E-state index is 0.100. The Labute approximate surface area is 162 Å². The molecule has 0 aliphatic heterocycles. The smallest absolute Gasteiger partial charge is 0.260 e. The van der Waals surface area contributed by atoms with Gasteiger partial charge in [-0.25, -0.2) is 0 Å². The number of benzene rings is 1. The summed E-state index contributed by atoms with van der Waals surface area (Å²) >= 11 is 9.24. The number of amides is 2. The molecule has 0 saturated heterocycles. The second-order valence-corrected chi connectivity index (χ2v) is 7.54. The maximum absolute atomic E-state index is 12.1. The molecule has 0 radical (unpaired) electrons. The van der Waals surface area contributed by atoms with E-state index in [4.69, 9.17) is 16.3 Å². The van der Waals surface area contributed by atoms with Crippen LogP contribution in [0.1, 0.15) is 39.0 Å². The Kier molecular flexibility index (Phi) is 8.03. The van der Waals surface area contributed by atoms with Crippen LogP contribution in [0.2, 0.25) is 5.02 Å². The molecule has 2 amide bonds. The Bertz CT molecular complexity index is 606. The summed E-state index contributed by atoms with van der Waals surface area (Å²) in [6.07, 6.45) is 4.78. The van der Waals surface area contributed by atoms with Crippen LogP contribution < -0.4 is 15.4 Å². The molecule has 1 aliphatic rings. The van der Waals surface area contributed by atoms with Crippen LogP contribution in [0.15, 0.2) is 22.7 Å². The predicted octanol–water partition coefficient (Wildman–Crippen LogP) is 3.68. The fourth-order valence-electron chi connectivity index (χ4n) is 2.84. The first-order valence-electron chi connectivity index (χ1n) is 8.64. The van der Waals surface area contributed by atoms with Crippen LogP contribution in [0.3, 0.4) is 0 Å². The van der Waals surface area contributed by atoms with E-state index in [-0.39, 0.29) is 17.7 Å². The van der Waals surface area contributed by atoms with Crippen molar-refractivity contribution in [2.24, 2.45) is 5.92 Å². The fourth-order valence-corrected chi connectivity index (χ4v) is 3.62. The Morgan fingerprint density at radius 1 is 1.24 bits per heavy atom. The van der Waals surface area contributed by atoms with Gasteiger partial charge in [0.1, 0.15) is 5.75 Å². The molecule has 7 heteroatoms. The molecule has 0 bridgehead atoms. The summed E-state index contributed by atoms with van der Waals surface area (Å²) in [5.74, 6) is 0.559. The maximum atomic E-state index is 12.1. The van der Waals surface area contributed by atoms with E-state index in [0.717, 1.165) is 25.7 Å². The molecule has 2 N–H and O–H groups in total. The Hall–Kier alpha value is -1.27. The van der Waals surface area contributed by atoms with Crippen LogP contribution in [0, 0.1) is 5.92 Å². The van der Waals surface area contributed by atoms with Gasteiger partial charge in [0.05, 0.1) is 4.47 Å². The second-order valence-electron chi connectivity index (χ2n) is 6.25. The average molecular weight is 432 g/mol. The molecule has 5 nitrogen and oxygen atoms in total. The van der Waals surface area contributed by atoms with E-state index in [9.17, 15) is 9.59 Å². The van der Waals surface area contributed by atoms with Crippen molar-refractivity contribution in [3.8, 4) is 5.75 Å². The molecule has 1 aliphatic carbocycles. The van der Waals surface area contributed by atoms with Gasteiger partial charge >= 0.3 is 0 Å². The lowest BCUT2D eigenvalue weighted by Gasteiger charge is -2.21. The summed E-state index contributed by atoms with van der Waals surface area (Å²) in [5.41, 5.74) is 0. The minimum atomic E-state index is -0.647. The molecule has 0 heterocycles. The number of hydrogen-bond donors (Lipinski definition) is 2. The highest BCUT2D eigenvalue weighted by atomic mass is 79.9. The first-order valence-corrected chi connectivity index (χ1v) is 9.81. The van der Waals surface area contributed by atoms with Crippen molar-refractivity contribution in [3.05, 3.63) is 27.7 Å². The van der Waals surface area contributed by atoms with E-state index >= 15 is 0 Å². The quantitative estimate of drug-likeness (QED) is 0.647. The van der Waals surface area contributed by atoms with Gasteiger partial charge in [0, 0.05) is 24.0 Å². The van der Waals surface area contributed by atoms with Gasteiger partial charge in [0.2, 0.25) is 5.91 Å². The van der Waals surface area contributed by atoms with Crippen molar-refractivity contribution >= 4 is 39.3 Å². The van der Waals surface area contributed by atoms with E-state index in [1.54, 1.807) is 25.1 Å². The zero-order valence-electron chi connectivity index (χ0n) is 14.3. The first-order chi connectivity index (χ1) is 12.0. The van der Waals surface area contributed by atoms with Crippen molar-refractivity contribution in [2.45, 2.75) is 45.1 Å². The second kappa shape index (κ2) is 10.0. The normalized spacial score (nSPS) is 16.1. The zero-order valence-corrected chi connectivity index (χ0v) is 16.7. The van der Waals surface area contributed by atoms with E-state index in [2.05, 4.69) is 26.6 Å². The van der Waals surface area contributed by atoms with Gasteiger partial charge < -0.3 is 15.4 Å². The Balaban J connectivity index is 1.68. The summed E-state index contributed by atoms with van der Waals surface area (Å²) < 4.78 is 6.32. The van der Waals surface area contributed by atoms with Gasteiger partial charge in [-0.2, -0.15) is 0 Å². The van der Waals surface area contributed by atoms with E-state index < -0.39 is 6.10 Å². The number of carbonyl (C=O) groups is 2. The van der Waals surface area contributed by atoms with Gasteiger partial charge in [0.25, 0.3) is 5.91 Å². The number of carbonyl (C=O) groups excluding carboxylic acids is 2. The molecule has 0 aromatic heterocycles. The lowest BCUT2D eigenvalue weighted by molar-refractivity contribution is -0.128. The van der Waals surface area contributed by atoms with Crippen molar-refractivity contribution in [2.75, 3.05) is 13.1 Å². The molecule has 1 aromatic rings. The topological polar surface area (TPSA) is 67.4 Å². The number of rotatable bonds is 7. The van der Waals surface area contributed by atoms with Gasteiger partial charge in [-0.1, -0.05) is 30.9 Å². The molecular weight excluding hydrogens is 408 g/mol. The monoisotopic (exact) mass is 430 g/mol. The Morgan fingerprint density at radius 2 is 1.92 bits per heavy atom. The van der Waals surface area contributed by atoms with Crippen molar-refractivity contribution < 1.29 is 14.3 Å². The van der Waals surface area contributed by atoms with Gasteiger partial charge in [-0.15, -0.1) is 0 Å². The summed E-state index contributed by atoms with van der Waals surface area (Å²) in [7, 11) is 0. The third-order valence-corrected chi connectivity index (χ3v) is 5.12. The molecular formula is C18H24BrClN2O3. The summed E-state index contributed by atoms with van der Waals surface area (Å²) in [5, 5.41) is 6.25. The molecule has 0 spiro atoms. The molecule has 1 saturated carbocycles. The maximum Gasteiger partial charge on any atom is 0.260 e. The van der Waals surface area contributed by atoms with Crippen LogP contribution in [0.5, 0.6) is 5.75 Å². The molecule has 138 valence electrons. The highest BCUT2D eigenvalue weighted by Gasteiger charge is 2.20. The van der Waals surface area contributed by atoms with Crippen molar-refractivity contribution in [3.63, 3.8) is 0 Å². The molecule has 1 atom stereocenters. The summed E-state index contributed by atoms with van der Waals surface area (Å²) in [6, 6.07) is 5.12. The molecule has 25 heavy (non-hydrogen) atoms. The largest absolute Gasteiger partial charge is 0.480 e. The third-order valence-electron chi connectivity index (χ3n) is 4.27. The standard InChI is InChI=1S/C18H24BrClN2O3/c1-12(25-16-8-7-14(20)11-15(16)19)17(23)21-9-10-22-18(24)13-5-3-2-4-6-13/h7-8,11-13H,2-6,9-10H2,1H3,(H,21,23)(H,22,24). The van der Waals surface area contributed by atoms with E-state index in [0.29, 0.717) is 28.3 Å². The van der Waals surface area contributed by atoms with Crippen LogP contribution in [0.4, 0.5) is 0 Å². The van der Waals surface area contributed by atoms with Gasteiger partial charge in [0.15, 0.2) is 6.10 Å². The number of halogens is 2. The Morgan fingerprint density at radius 3 is 2.60 bits per heavy atom. The number of hydrogen-bond acceptors (Lipinski definition) is 3. The van der Waals surface area contributed by atoms with Gasteiger partial charge in [-0.3, -0.25) is 9.59 Å². The first kappa shape index (κ1) is 20.0. The lowest BCUT2D eigenvalue weighted by atomic mass is 9.89. The fraction of sp³-hybridized carbons (Fsp3) is 0.556. The molecule has 1 unspecified atom stereocenters. The van der Waals surface area contributed by atoms with Crippen LogP contribution >= 0.6 is 27.5 Å².